The average Bonchev–Trinajstić information content (AvgIpc) is 3.05. The molecule has 0 bridgehead atoms. The van der Waals surface area contributed by atoms with Crippen LogP contribution in [0.5, 0.6) is 28.7 Å². The predicted molar refractivity (Wildman–Crippen MR) is 84.2 cm³/mol. The zero-order valence-electron chi connectivity index (χ0n) is 13.1. The summed E-state index contributed by atoms with van der Waals surface area (Å²) in [5.74, 6) is 1.56. The minimum Gasteiger partial charge on any atom is -0.504 e. The van der Waals surface area contributed by atoms with E-state index in [4.69, 9.17) is 18.9 Å². The lowest BCUT2D eigenvalue weighted by Gasteiger charge is -2.25. The van der Waals surface area contributed by atoms with Gasteiger partial charge < -0.3 is 24.1 Å². The van der Waals surface area contributed by atoms with Crippen LogP contribution in [0.1, 0.15) is 15.9 Å². The Balaban J connectivity index is 1.59. The van der Waals surface area contributed by atoms with Crippen molar-refractivity contribution in [2.45, 2.75) is 6.42 Å². The van der Waals surface area contributed by atoms with E-state index < -0.39 is 0 Å². The van der Waals surface area contributed by atoms with Crippen LogP contribution in [0.4, 0.5) is 0 Å². The fraction of sp³-hybridized carbons (Fsp3) is 0.278. The molecule has 0 aliphatic carbocycles. The van der Waals surface area contributed by atoms with E-state index in [-0.39, 0.29) is 36.6 Å². The van der Waals surface area contributed by atoms with Crippen LogP contribution in [0.25, 0.3) is 0 Å². The number of carbonyl (C=O) groups is 1. The van der Waals surface area contributed by atoms with Crippen molar-refractivity contribution in [3.63, 3.8) is 0 Å². The number of Topliss-reactive ketones (excluding diaryl/α,β-unsaturated/α-hetero) is 1. The zero-order chi connectivity index (χ0) is 16.7. The molecule has 2 heterocycles. The first kappa shape index (κ1) is 14.7. The summed E-state index contributed by atoms with van der Waals surface area (Å²) in [6, 6.07) is 8.68. The van der Waals surface area contributed by atoms with E-state index >= 15 is 0 Å². The topological polar surface area (TPSA) is 74.2 Å². The number of rotatable bonds is 3. The number of methoxy groups -OCH3 is 1. The van der Waals surface area contributed by atoms with Crippen molar-refractivity contribution in [3.05, 3.63) is 41.5 Å². The van der Waals surface area contributed by atoms with Gasteiger partial charge in [-0.2, -0.15) is 0 Å². The summed E-state index contributed by atoms with van der Waals surface area (Å²) in [4.78, 5) is 12.8. The highest BCUT2D eigenvalue weighted by molar-refractivity contribution is 6.02. The van der Waals surface area contributed by atoms with Crippen molar-refractivity contribution in [1.29, 1.82) is 0 Å². The van der Waals surface area contributed by atoms with Gasteiger partial charge in [0.25, 0.3) is 0 Å². The summed E-state index contributed by atoms with van der Waals surface area (Å²) in [6.45, 7) is 0.459. The van der Waals surface area contributed by atoms with E-state index in [2.05, 4.69) is 0 Å². The molecule has 0 saturated carbocycles. The van der Waals surface area contributed by atoms with Crippen LogP contribution in [0.15, 0.2) is 30.3 Å². The normalized spacial score (nSPS) is 18.0. The molecule has 1 N–H and O–H groups in total. The molecule has 2 aromatic rings. The smallest absolute Gasteiger partial charge is 0.231 e. The van der Waals surface area contributed by atoms with Crippen molar-refractivity contribution in [3.8, 4) is 28.7 Å². The second kappa shape index (κ2) is 5.63. The summed E-state index contributed by atoms with van der Waals surface area (Å²) < 4.78 is 21.5. The molecule has 2 aliphatic heterocycles. The molecule has 0 fully saturated rings. The molecule has 0 aromatic heterocycles. The van der Waals surface area contributed by atoms with Crippen molar-refractivity contribution < 1.29 is 28.8 Å². The van der Waals surface area contributed by atoms with Gasteiger partial charge in [-0.1, -0.05) is 6.07 Å². The van der Waals surface area contributed by atoms with Gasteiger partial charge in [-0.25, -0.2) is 0 Å². The Morgan fingerprint density at radius 3 is 2.83 bits per heavy atom. The molecule has 6 nitrogen and oxygen atoms in total. The summed E-state index contributed by atoms with van der Waals surface area (Å²) in [6.07, 6.45) is 0.540. The van der Waals surface area contributed by atoms with Gasteiger partial charge in [0, 0.05) is 0 Å². The highest BCUT2D eigenvalue weighted by Crippen LogP contribution is 2.43. The number of ketones is 1. The number of hydrogen-bond acceptors (Lipinski definition) is 6. The Bertz CT molecular complexity index is 813. The van der Waals surface area contributed by atoms with E-state index in [9.17, 15) is 9.90 Å². The number of ether oxygens (including phenoxy) is 4. The van der Waals surface area contributed by atoms with E-state index in [0.29, 0.717) is 23.5 Å². The highest BCUT2D eigenvalue weighted by Gasteiger charge is 2.32. The summed E-state index contributed by atoms with van der Waals surface area (Å²) in [5, 5.41) is 9.80. The van der Waals surface area contributed by atoms with Crippen LogP contribution in [0.2, 0.25) is 0 Å². The minimum absolute atomic E-state index is 0.0211. The van der Waals surface area contributed by atoms with Crippen molar-refractivity contribution >= 4 is 5.78 Å². The van der Waals surface area contributed by atoms with Gasteiger partial charge >= 0.3 is 0 Å². The first-order valence-electron chi connectivity index (χ1n) is 7.63. The molecule has 2 aliphatic rings. The summed E-state index contributed by atoms with van der Waals surface area (Å²) in [7, 11) is 1.43. The number of aromatic hydroxyl groups is 1. The van der Waals surface area contributed by atoms with Crippen LogP contribution in [0, 0.1) is 5.92 Å². The molecule has 0 amide bonds. The molecular formula is C18H16O6. The molecule has 24 heavy (non-hydrogen) atoms. The average molecular weight is 328 g/mol. The van der Waals surface area contributed by atoms with Crippen LogP contribution in [-0.4, -0.2) is 31.4 Å². The first-order chi connectivity index (χ1) is 11.7. The van der Waals surface area contributed by atoms with Gasteiger partial charge in [-0.3, -0.25) is 4.79 Å². The molecule has 0 radical (unpaired) electrons. The molecule has 0 saturated heterocycles. The summed E-state index contributed by atoms with van der Waals surface area (Å²) >= 11 is 0. The number of hydrogen-bond donors (Lipinski definition) is 1. The molecule has 6 heteroatoms. The predicted octanol–water partition coefficient (Wildman–Crippen LogP) is 2.56. The quantitative estimate of drug-likeness (QED) is 0.933. The lowest BCUT2D eigenvalue weighted by molar-refractivity contribution is 0.0825. The fourth-order valence-electron chi connectivity index (χ4n) is 3.07. The molecule has 124 valence electrons. The SMILES string of the molecule is COc1c(O)ccc2c1OC[C@@H](Cc1ccc3c(c1)OCO3)C2=O. The third kappa shape index (κ3) is 2.31. The van der Waals surface area contributed by atoms with Crippen LogP contribution >= 0.6 is 0 Å². The van der Waals surface area contributed by atoms with Gasteiger partial charge in [0.05, 0.1) is 25.2 Å². The van der Waals surface area contributed by atoms with E-state index in [1.165, 1.54) is 13.2 Å². The fourth-order valence-corrected chi connectivity index (χ4v) is 3.07. The van der Waals surface area contributed by atoms with Crippen molar-refractivity contribution in [2.75, 3.05) is 20.5 Å². The van der Waals surface area contributed by atoms with Crippen LogP contribution in [-0.2, 0) is 6.42 Å². The van der Waals surface area contributed by atoms with Gasteiger partial charge in [-0.15, -0.1) is 0 Å². The van der Waals surface area contributed by atoms with Crippen molar-refractivity contribution in [1.82, 2.24) is 0 Å². The molecule has 4 rings (SSSR count). The largest absolute Gasteiger partial charge is 0.504 e. The standard InChI is InChI=1S/C18H16O6/c1-21-18-13(19)4-3-12-16(20)11(8-22-17(12)18)6-10-2-5-14-15(7-10)24-9-23-14/h2-5,7,11,19H,6,8-9H2,1H3/t11-/m1/s1. The molecule has 2 aromatic carbocycles. The third-order valence-corrected chi connectivity index (χ3v) is 4.28. The zero-order valence-corrected chi connectivity index (χ0v) is 13.1. The number of carbonyl (C=O) groups excluding carboxylic acids is 1. The van der Waals surface area contributed by atoms with E-state index in [1.807, 2.05) is 18.2 Å². The Morgan fingerprint density at radius 2 is 2.00 bits per heavy atom. The molecular weight excluding hydrogens is 312 g/mol. The Kier molecular flexibility index (Phi) is 3.45. The Labute approximate surface area is 138 Å². The lowest BCUT2D eigenvalue weighted by Crippen LogP contribution is -2.29. The van der Waals surface area contributed by atoms with E-state index in [1.54, 1.807) is 6.07 Å². The number of phenols is 1. The lowest BCUT2D eigenvalue weighted by atomic mass is 9.89. The molecule has 0 spiro atoms. The maximum absolute atomic E-state index is 12.8. The number of fused-ring (bicyclic) bond motifs is 2. The Morgan fingerprint density at radius 1 is 1.17 bits per heavy atom. The Hall–Kier alpha value is -2.89. The van der Waals surface area contributed by atoms with E-state index in [0.717, 1.165) is 11.3 Å². The summed E-state index contributed by atoms with van der Waals surface area (Å²) in [5.41, 5.74) is 1.41. The monoisotopic (exact) mass is 328 g/mol. The van der Waals surface area contributed by atoms with Gasteiger partial charge in [0.2, 0.25) is 12.5 Å². The second-order valence-electron chi connectivity index (χ2n) is 5.76. The van der Waals surface area contributed by atoms with Gasteiger partial charge in [0.15, 0.2) is 28.8 Å². The highest BCUT2D eigenvalue weighted by atomic mass is 16.7. The maximum atomic E-state index is 12.8. The van der Waals surface area contributed by atoms with Crippen LogP contribution in [0.3, 0.4) is 0 Å². The maximum Gasteiger partial charge on any atom is 0.231 e. The second-order valence-corrected chi connectivity index (χ2v) is 5.76. The van der Waals surface area contributed by atoms with Gasteiger partial charge in [0.1, 0.15) is 0 Å². The van der Waals surface area contributed by atoms with Crippen molar-refractivity contribution in [2.24, 2.45) is 5.92 Å². The minimum atomic E-state index is -0.299. The number of phenolic OH excluding ortho intramolecular Hbond substituents is 1. The molecule has 1 atom stereocenters. The first-order valence-corrected chi connectivity index (χ1v) is 7.63. The number of benzene rings is 2. The van der Waals surface area contributed by atoms with Gasteiger partial charge in [-0.05, 0) is 36.2 Å². The van der Waals surface area contributed by atoms with Crippen LogP contribution < -0.4 is 18.9 Å². The third-order valence-electron chi connectivity index (χ3n) is 4.28. The molecule has 0 unspecified atom stereocenters.